The number of carbonyl (C=O) groups excluding carboxylic acids is 2. The number of carbonyl (C=O) groups is 2. The highest BCUT2D eigenvalue weighted by Gasteiger charge is 2.27. The zero-order valence-electron chi connectivity index (χ0n) is 13.7. The number of rotatable bonds is 2. The smallest absolute Gasteiger partial charge is 0.313 e. The summed E-state index contributed by atoms with van der Waals surface area (Å²) in [5.74, 6) is -1.75. The molecule has 5 nitrogen and oxygen atoms in total. The van der Waals surface area contributed by atoms with Crippen LogP contribution in [0.15, 0.2) is 42.5 Å². The lowest BCUT2D eigenvalue weighted by Gasteiger charge is -2.35. The highest BCUT2D eigenvalue weighted by atomic mass is 35.5. The number of halogens is 3. The Kier molecular flexibility index (Phi) is 5.64. The monoisotopic (exact) mass is 395 g/mol. The number of anilines is 2. The quantitative estimate of drug-likeness (QED) is 0.792. The predicted octanol–water partition coefficient (Wildman–Crippen LogP) is 3.42. The summed E-state index contributed by atoms with van der Waals surface area (Å²) >= 11 is 11.9. The van der Waals surface area contributed by atoms with Gasteiger partial charge >= 0.3 is 11.8 Å². The third-order valence-corrected chi connectivity index (χ3v) is 4.70. The van der Waals surface area contributed by atoms with Crippen molar-refractivity contribution in [1.29, 1.82) is 0 Å². The maximum atomic E-state index is 13.9. The number of nitrogens with zero attached hydrogens (tertiary/aromatic N) is 2. The Morgan fingerprint density at radius 2 is 1.69 bits per heavy atom. The van der Waals surface area contributed by atoms with E-state index in [2.05, 4.69) is 5.32 Å². The fourth-order valence-corrected chi connectivity index (χ4v) is 3.11. The van der Waals surface area contributed by atoms with Gasteiger partial charge in [0, 0.05) is 31.2 Å². The molecule has 1 aliphatic rings. The Labute approximate surface area is 160 Å². The molecule has 8 heteroatoms. The predicted molar refractivity (Wildman–Crippen MR) is 100 cm³/mol. The van der Waals surface area contributed by atoms with Crippen LogP contribution in [0.4, 0.5) is 15.8 Å². The first-order valence-corrected chi connectivity index (χ1v) is 8.76. The van der Waals surface area contributed by atoms with Crippen LogP contribution in [-0.4, -0.2) is 42.9 Å². The van der Waals surface area contributed by atoms with Crippen molar-refractivity contribution in [3.05, 3.63) is 58.3 Å². The van der Waals surface area contributed by atoms with Gasteiger partial charge in [0.25, 0.3) is 0 Å². The summed E-state index contributed by atoms with van der Waals surface area (Å²) in [7, 11) is 0. The first kappa shape index (κ1) is 18.5. The van der Waals surface area contributed by atoms with Crippen molar-refractivity contribution in [3.63, 3.8) is 0 Å². The Balaban J connectivity index is 1.60. The van der Waals surface area contributed by atoms with E-state index in [0.29, 0.717) is 41.9 Å². The maximum absolute atomic E-state index is 13.9. The van der Waals surface area contributed by atoms with E-state index in [1.807, 2.05) is 4.90 Å². The molecular formula is C18H16Cl2FN3O2. The van der Waals surface area contributed by atoms with Gasteiger partial charge in [-0.25, -0.2) is 4.39 Å². The van der Waals surface area contributed by atoms with Gasteiger partial charge in [0.1, 0.15) is 5.82 Å². The summed E-state index contributed by atoms with van der Waals surface area (Å²) in [6, 6.07) is 11.1. The standard InChI is InChI=1S/C18H16Cl2FN3O2/c19-12-5-6-13(20)15(11-12)22-17(25)18(26)24-9-7-23(8-10-24)16-4-2-1-3-14(16)21/h1-6,11H,7-10H2,(H,22,25). The third kappa shape index (κ3) is 4.08. The van der Waals surface area contributed by atoms with Crippen LogP contribution in [0.25, 0.3) is 0 Å². The van der Waals surface area contributed by atoms with Crippen molar-refractivity contribution in [2.75, 3.05) is 36.4 Å². The molecule has 2 amide bonds. The van der Waals surface area contributed by atoms with Gasteiger partial charge in [0.2, 0.25) is 0 Å². The summed E-state index contributed by atoms with van der Waals surface area (Å²) in [4.78, 5) is 27.8. The second-order valence-electron chi connectivity index (χ2n) is 5.81. The van der Waals surface area contributed by atoms with Gasteiger partial charge in [0.15, 0.2) is 0 Å². The molecule has 0 aliphatic carbocycles. The van der Waals surface area contributed by atoms with E-state index in [9.17, 15) is 14.0 Å². The van der Waals surface area contributed by atoms with E-state index in [1.165, 1.54) is 23.1 Å². The second kappa shape index (κ2) is 7.93. The minimum Gasteiger partial charge on any atom is -0.366 e. The summed E-state index contributed by atoms with van der Waals surface area (Å²) in [6.45, 7) is 1.53. The van der Waals surface area contributed by atoms with E-state index in [-0.39, 0.29) is 11.5 Å². The van der Waals surface area contributed by atoms with Crippen LogP contribution in [0.2, 0.25) is 10.0 Å². The molecule has 1 aliphatic heterocycles. The first-order valence-electron chi connectivity index (χ1n) is 8.00. The molecule has 26 heavy (non-hydrogen) atoms. The molecule has 0 aromatic heterocycles. The molecule has 1 N–H and O–H groups in total. The van der Waals surface area contributed by atoms with E-state index < -0.39 is 11.8 Å². The zero-order valence-corrected chi connectivity index (χ0v) is 15.2. The SMILES string of the molecule is O=C(Nc1cc(Cl)ccc1Cl)C(=O)N1CCN(c2ccccc2F)CC1. The molecule has 0 radical (unpaired) electrons. The lowest BCUT2D eigenvalue weighted by molar-refractivity contribution is -0.143. The normalized spacial score (nSPS) is 14.3. The number of benzene rings is 2. The van der Waals surface area contributed by atoms with Crippen molar-refractivity contribution in [3.8, 4) is 0 Å². The Bertz CT molecular complexity index is 839. The van der Waals surface area contributed by atoms with E-state index in [0.717, 1.165) is 0 Å². The highest BCUT2D eigenvalue weighted by molar-refractivity contribution is 6.42. The van der Waals surface area contributed by atoms with Crippen molar-refractivity contribution >= 4 is 46.4 Å². The molecule has 2 aromatic carbocycles. The largest absolute Gasteiger partial charge is 0.366 e. The highest BCUT2D eigenvalue weighted by Crippen LogP contribution is 2.25. The van der Waals surface area contributed by atoms with E-state index >= 15 is 0 Å². The molecule has 0 bridgehead atoms. The van der Waals surface area contributed by atoms with Crippen molar-refractivity contribution in [1.82, 2.24) is 4.90 Å². The average molecular weight is 396 g/mol. The summed E-state index contributed by atoms with van der Waals surface area (Å²) in [5.41, 5.74) is 0.775. The Hall–Kier alpha value is -2.31. The number of nitrogens with one attached hydrogen (secondary N) is 1. The van der Waals surface area contributed by atoms with Crippen molar-refractivity contribution in [2.45, 2.75) is 0 Å². The van der Waals surface area contributed by atoms with Crippen molar-refractivity contribution < 1.29 is 14.0 Å². The van der Waals surface area contributed by atoms with Crippen molar-refractivity contribution in [2.24, 2.45) is 0 Å². The first-order chi connectivity index (χ1) is 12.5. The number of amides is 2. The summed E-state index contributed by atoms with van der Waals surface area (Å²) in [6.07, 6.45) is 0. The molecule has 1 heterocycles. The van der Waals surface area contributed by atoms with Gasteiger partial charge in [-0.15, -0.1) is 0 Å². The number of hydrogen-bond acceptors (Lipinski definition) is 3. The molecule has 0 spiro atoms. The van der Waals surface area contributed by atoms with Gasteiger partial charge in [0.05, 0.1) is 16.4 Å². The minimum atomic E-state index is -0.784. The van der Waals surface area contributed by atoms with Crippen LogP contribution in [0.5, 0.6) is 0 Å². The fraction of sp³-hybridized carbons (Fsp3) is 0.222. The number of para-hydroxylation sites is 1. The van der Waals surface area contributed by atoms with Gasteiger partial charge in [-0.05, 0) is 30.3 Å². The third-order valence-electron chi connectivity index (χ3n) is 4.13. The van der Waals surface area contributed by atoms with E-state index in [4.69, 9.17) is 23.2 Å². The molecule has 3 rings (SSSR count). The Morgan fingerprint density at radius 1 is 1.00 bits per heavy atom. The summed E-state index contributed by atoms with van der Waals surface area (Å²) < 4.78 is 13.9. The van der Waals surface area contributed by atoms with Gasteiger partial charge in [-0.3, -0.25) is 9.59 Å². The number of hydrogen-bond donors (Lipinski definition) is 1. The minimum absolute atomic E-state index is 0.280. The Morgan fingerprint density at radius 3 is 2.38 bits per heavy atom. The molecule has 0 atom stereocenters. The van der Waals surface area contributed by atoms with Crippen LogP contribution < -0.4 is 10.2 Å². The fourth-order valence-electron chi connectivity index (χ4n) is 2.77. The molecule has 2 aromatic rings. The van der Waals surface area contributed by atoms with Gasteiger partial charge < -0.3 is 15.1 Å². The van der Waals surface area contributed by atoms with Gasteiger partial charge in [-0.1, -0.05) is 35.3 Å². The second-order valence-corrected chi connectivity index (χ2v) is 6.65. The molecule has 1 fully saturated rings. The molecule has 0 unspecified atom stereocenters. The van der Waals surface area contributed by atoms with E-state index in [1.54, 1.807) is 24.3 Å². The zero-order chi connectivity index (χ0) is 18.7. The lowest BCUT2D eigenvalue weighted by Crippen LogP contribution is -2.51. The lowest BCUT2D eigenvalue weighted by atomic mass is 10.2. The average Bonchev–Trinajstić information content (AvgIpc) is 2.64. The molecular weight excluding hydrogens is 380 g/mol. The maximum Gasteiger partial charge on any atom is 0.313 e. The van der Waals surface area contributed by atoms with Crippen LogP contribution in [0.1, 0.15) is 0 Å². The van der Waals surface area contributed by atoms with Gasteiger partial charge in [-0.2, -0.15) is 0 Å². The summed E-state index contributed by atoms with van der Waals surface area (Å²) in [5, 5.41) is 3.17. The van der Waals surface area contributed by atoms with Crippen LogP contribution in [0, 0.1) is 5.82 Å². The van der Waals surface area contributed by atoms with Crippen LogP contribution in [0.3, 0.4) is 0 Å². The molecule has 0 saturated carbocycles. The molecule has 136 valence electrons. The number of piperazine rings is 1. The van der Waals surface area contributed by atoms with Crippen LogP contribution in [-0.2, 0) is 9.59 Å². The molecule has 1 saturated heterocycles. The van der Waals surface area contributed by atoms with Crippen LogP contribution >= 0.6 is 23.2 Å². The topological polar surface area (TPSA) is 52.7 Å².